The predicted octanol–water partition coefficient (Wildman–Crippen LogP) is 3.25. The van der Waals surface area contributed by atoms with Gasteiger partial charge in [0, 0.05) is 0 Å². The highest BCUT2D eigenvalue weighted by atomic mass is 32.1. The lowest BCUT2D eigenvalue weighted by Gasteiger charge is -2.14. The minimum absolute atomic E-state index is 0.262. The van der Waals surface area contributed by atoms with Crippen LogP contribution < -0.4 is 15.0 Å². The molecule has 7 nitrogen and oxygen atoms in total. The third-order valence-electron chi connectivity index (χ3n) is 4.29. The van der Waals surface area contributed by atoms with E-state index in [1.54, 1.807) is 43.1 Å². The minimum atomic E-state index is -0.262. The number of hydrogen-bond acceptors (Lipinski definition) is 5. The van der Waals surface area contributed by atoms with Crippen LogP contribution in [0.3, 0.4) is 0 Å². The first-order chi connectivity index (χ1) is 13.1. The van der Waals surface area contributed by atoms with Crippen LogP contribution in [0.15, 0.2) is 59.7 Å². The third-order valence-corrected chi connectivity index (χ3v) is 4.66. The molecule has 0 radical (unpaired) electrons. The van der Waals surface area contributed by atoms with Crippen LogP contribution in [0, 0.1) is 4.77 Å². The number of aromatic nitrogens is 4. The largest absolute Gasteiger partial charge is 0.497 e. The lowest BCUT2D eigenvalue weighted by atomic mass is 10.3. The molecule has 0 fully saturated rings. The van der Waals surface area contributed by atoms with E-state index in [2.05, 4.69) is 9.97 Å². The van der Waals surface area contributed by atoms with E-state index in [4.69, 9.17) is 21.7 Å². The molecule has 8 heteroatoms. The van der Waals surface area contributed by atoms with Crippen molar-refractivity contribution >= 4 is 23.4 Å². The van der Waals surface area contributed by atoms with Gasteiger partial charge >= 0.3 is 0 Å². The van der Waals surface area contributed by atoms with Gasteiger partial charge in [0.1, 0.15) is 11.5 Å². The number of fused-ring (bicyclic) bond motifs is 1. The Morgan fingerprint density at radius 1 is 0.889 bits per heavy atom. The molecule has 2 aromatic heterocycles. The highest BCUT2D eigenvalue weighted by molar-refractivity contribution is 7.71. The maximum absolute atomic E-state index is 13.0. The molecule has 0 aliphatic heterocycles. The van der Waals surface area contributed by atoms with Gasteiger partial charge in [-0.15, -0.1) is 0 Å². The molecule has 1 N–H and O–H groups in total. The van der Waals surface area contributed by atoms with Gasteiger partial charge in [0.2, 0.25) is 0 Å². The molecule has 0 aliphatic rings. The second-order valence-corrected chi connectivity index (χ2v) is 6.12. The molecule has 0 saturated carbocycles. The number of nitrogens with one attached hydrogen (secondary N) is 1. The Morgan fingerprint density at radius 3 is 1.93 bits per heavy atom. The minimum Gasteiger partial charge on any atom is -0.497 e. The Balaban J connectivity index is 2.02. The standard InChI is InChI=1S/C19H16N4O3S/c1-25-14-7-3-12(4-8-14)22-17-16(20-11-21-17)18(24)23(19(22)27)13-5-9-15(26-2)10-6-13/h3-11H,1-2H3,(H,20,21). The number of imidazole rings is 1. The Labute approximate surface area is 159 Å². The average molecular weight is 380 g/mol. The van der Waals surface area contributed by atoms with Gasteiger partial charge in [0.05, 0.1) is 31.9 Å². The van der Waals surface area contributed by atoms with E-state index in [1.165, 1.54) is 10.9 Å². The Morgan fingerprint density at radius 2 is 1.41 bits per heavy atom. The van der Waals surface area contributed by atoms with Crippen LogP contribution in [0.25, 0.3) is 22.5 Å². The van der Waals surface area contributed by atoms with Gasteiger partial charge < -0.3 is 14.5 Å². The number of aromatic amines is 1. The summed E-state index contributed by atoms with van der Waals surface area (Å²) in [5.74, 6) is 1.43. The first-order valence-corrected chi connectivity index (χ1v) is 8.55. The monoisotopic (exact) mass is 380 g/mol. The molecule has 4 rings (SSSR count). The van der Waals surface area contributed by atoms with Gasteiger partial charge in [-0.3, -0.25) is 13.9 Å². The summed E-state index contributed by atoms with van der Waals surface area (Å²) in [4.78, 5) is 20.2. The van der Waals surface area contributed by atoms with Crippen molar-refractivity contribution in [1.82, 2.24) is 19.1 Å². The average Bonchev–Trinajstić information content (AvgIpc) is 3.19. The molecular formula is C19H16N4O3S. The Hall–Kier alpha value is -3.39. The lowest BCUT2D eigenvalue weighted by molar-refractivity contribution is 0.414. The summed E-state index contributed by atoms with van der Waals surface area (Å²) in [7, 11) is 3.20. The van der Waals surface area contributed by atoms with Crippen molar-refractivity contribution < 1.29 is 9.47 Å². The summed E-state index contributed by atoms with van der Waals surface area (Å²) < 4.78 is 14.0. The number of nitrogens with zero attached hydrogens (tertiary/aromatic N) is 3. The van der Waals surface area contributed by atoms with E-state index in [0.717, 1.165) is 11.4 Å². The fraction of sp³-hybridized carbons (Fsp3) is 0.105. The smallest absolute Gasteiger partial charge is 0.284 e. The number of benzene rings is 2. The van der Waals surface area contributed by atoms with Gasteiger partial charge in [-0.1, -0.05) is 0 Å². The van der Waals surface area contributed by atoms with Crippen molar-refractivity contribution in [3.05, 3.63) is 70.0 Å². The summed E-state index contributed by atoms with van der Waals surface area (Å²) in [5, 5.41) is 0. The van der Waals surface area contributed by atoms with Crippen LogP contribution in [-0.4, -0.2) is 33.3 Å². The van der Waals surface area contributed by atoms with Gasteiger partial charge in [-0.05, 0) is 60.7 Å². The van der Waals surface area contributed by atoms with Gasteiger partial charge in [0.15, 0.2) is 15.9 Å². The van der Waals surface area contributed by atoms with E-state index < -0.39 is 0 Å². The summed E-state index contributed by atoms with van der Waals surface area (Å²) >= 11 is 5.67. The van der Waals surface area contributed by atoms with Crippen LogP contribution in [0.1, 0.15) is 0 Å². The lowest BCUT2D eigenvalue weighted by Crippen LogP contribution is -2.24. The van der Waals surface area contributed by atoms with Crippen molar-refractivity contribution in [2.45, 2.75) is 0 Å². The van der Waals surface area contributed by atoms with Crippen LogP contribution in [0.4, 0.5) is 0 Å². The highest BCUT2D eigenvalue weighted by Crippen LogP contribution is 2.21. The molecular weight excluding hydrogens is 364 g/mol. The molecule has 2 heterocycles. The van der Waals surface area contributed by atoms with Gasteiger partial charge in [-0.2, -0.15) is 0 Å². The first kappa shape index (κ1) is 17.0. The fourth-order valence-corrected chi connectivity index (χ4v) is 3.31. The Kier molecular flexibility index (Phi) is 4.25. The molecule has 136 valence electrons. The maximum atomic E-state index is 13.0. The third kappa shape index (κ3) is 2.80. The fourth-order valence-electron chi connectivity index (χ4n) is 2.93. The van der Waals surface area contributed by atoms with Gasteiger partial charge in [0.25, 0.3) is 5.56 Å². The molecule has 0 saturated heterocycles. The molecule has 2 aromatic carbocycles. The molecule has 27 heavy (non-hydrogen) atoms. The van der Waals surface area contributed by atoms with Crippen molar-refractivity contribution in [3.8, 4) is 22.9 Å². The summed E-state index contributed by atoms with van der Waals surface area (Å²) in [6.45, 7) is 0. The highest BCUT2D eigenvalue weighted by Gasteiger charge is 2.15. The van der Waals surface area contributed by atoms with Crippen LogP contribution >= 0.6 is 12.2 Å². The van der Waals surface area contributed by atoms with Crippen molar-refractivity contribution in [2.24, 2.45) is 0 Å². The molecule has 4 aromatic rings. The molecule has 0 unspecified atom stereocenters. The zero-order chi connectivity index (χ0) is 19.0. The zero-order valence-electron chi connectivity index (χ0n) is 14.7. The van der Waals surface area contributed by atoms with E-state index in [0.29, 0.717) is 27.4 Å². The van der Waals surface area contributed by atoms with Crippen molar-refractivity contribution in [2.75, 3.05) is 14.2 Å². The predicted molar refractivity (Wildman–Crippen MR) is 105 cm³/mol. The van der Waals surface area contributed by atoms with E-state index in [1.807, 2.05) is 24.3 Å². The quantitative estimate of drug-likeness (QED) is 0.550. The number of hydrogen-bond donors (Lipinski definition) is 1. The van der Waals surface area contributed by atoms with E-state index in [-0.39, 0.29) is 5.56 Å². The Bertz CT molecular complexity index is 1220. The number of ether oxygens (including phenoxy) is 2. The van der Waals surface area contributed by atoms with E-state index >= 15 is 0 Å². The summed E-state index contributed by atoms with van der Waals surface area (Å²) in [6.07, 6.45) is 1.49. The summed E-state index contributed by atoms with van der Waals surface area (Å²) in [6, 6.07) is 14.5. The normalized spacial score (nSPS) is 10.9. The first-order valence-electron chi connectivity index (χ1n) is 8.14. The molecule has 0 atom stereocenters. The molecule has 0 amide bonds. The second-order valence-electron chi connectivity index (χ2n) is 5.76. The SMILES string of the molecule is COc1ccc(-n2c(=O)c3[nH]cnc3n(-c3ccc(OC)cc3)c2=S)cc1. The van der Waals surface area contributed by atoms with Crippen LogP contribution in [-0.2, 0) is 0 Å². The van der Waals surface area contributed by atoms with Gasteiger partial charge in [-0.25, -0.2) is 4.98 Å². The molecule has 0 spiro atoms. The van der Waals surface area contributed by atoms with Crippen molar-refractivity contribution in [1.29, 1.82) is 0 Å². The second kappa shape index (κ2) is 6.73. The molecule has 0 aliphatic carbocycles. The maximum Gasteiger partial charge on any atom is 0.284 e. The summed E-state index contributed by atoms with van der Waals surface area (Å²) in [5.41, 5.74) is 2.00. The van der Waals surface area contributed by atoms with E-state index in [9.17, 15) is 4.79 Å². The van der Waals surface area contributed by atoms with Crippen molar-refractivity contribution in [3.63, 3.8) is 0 Å². The van der Waals surface area contributed by atoms with Crippen LogP contribution in [0.5, 0.6) is 11.5 Å². The molecule has 0 bridgehead atoms. The number of rotatable bonds is 4. The number of H-pyrrole nitrogens is 1. The van der Waals surface area contributed by atoms with Crippen LogP contribution in [0.2, 0.25) is 0 Å². The zero-order valence-corrected chi connectivity index (χ0v) is 15.5. The number of methoxy groups -OCH3 is 2. The topological polar surface area (TPSA) is 74.1 Å².